The van der Waals surface area contributed by atoms with E-state index in [1.54, 1.807) is 6.26 Å². The molecule has 8 heteroatoms. The zero-order chi connectivity index (χ0) is 21.1. The van der Waals surface area contributed by atoms with Crippen LogP contribution >= 0.6 is 23.1 Å². The topological polar surface area (TPSA) is 73.0 Å². The summed E-state index contributed by atoms with van der Waals surface area (Å²) in [6.45, 7) is 6.65. The highest BCUT2D eigenvalue weighted by Gasteiger charge is 2.17. The van der Waals surface area contributed by atoms with Crippen LogP contribution in [0.25, 0.3) is 0 Å². The molecule has 3 heterocycles. The van der Waals surface area contributed by atoms with Gasteiger partial charge in [-0.3, -0.25) is 4.79 Å². The van der Waals surface area contributed by atoms with E-state index in [1.807, 2.05) is 56.3 Å². The minimum Gasteiger partial charge on any atom is -0.467 e. The van der Waals surface area contributed by atoms with Crippen molar-refractivity contribution in [1.82, 2.24) is 14.8 Å². The van der Waals surface area contributed by atoms with Crippen LogP contribution in [0.1, 0.15) is 33.1 Å². The first-order valence-corrected chi connectivity index (χ1v) is 11.3. The van der Waals surface area contributed by atoms with E-state index in [0.717, 1.165) is 32.7 Å². The van der Waals surface area contributed by atoms with Gasteiger partial charge in [0.25, 0.3) is 0 Å². The molecule has 0 spiro atoms. The summed E-state index contributed by atoms with van der Waals surface area (Å²) < 4.78 is 8.31. The average Bonchev–Trinajstić information content (AvgIpc) is 3.46. The zero-order valence-electron chi connectivity index (χ0n) is 17.0. The SMILES string of the molecule is Cc1ccc(Nc2nnc(SCC(=O)c3cc(C)n(Cc4ccco4)c3C)s2)cc1. The van der Waals surface area contributed by atoms with Crippen LogP contribution in [0, 0.1) is 20.8 Å². The zero-order valence-corrected chi connectivity index (χ0v) is 18.6. The van der Waals surface area contributed by atoms with E-state index in [0.29, 0.717) is 17.4 Å². The maximum atomic E-state index is 12.8. The number of thioether (sulfide) groups is 1. The molecule has 0 aliphatic heterocycles. The maximum Gasteiger partial charge on any atom is 0.210 e. The number of carbonyl (C=O) groups is 1. The van der Waals surface area contributed by atoms with Gasteiger partial charge in [-0.1, -0.05) is 40.8 Å². The van der Waals surface area contributed by atoms with E-state index in [9.17, 15) is 4.79 Å². The summed E-state index contributed by atoms with van der Waals surface area (Å²) in [4.78, 5) is 12.8. The molecule has 154 valence electrons. The smallest absolute Gasteiger partial charge is 0.210 e. The van der Waals surface area contributed by atoms with Crippen molar-refractivity contribution in [3.8, 4) is 0 Å². The molecule has 0 unspecified atom stereocenters. The van der Waals surface area contributed by atoms with E-state index < -0.39 is 0 Å². The van der Waals surface area contributed by atoms with Crippen molar-refractivity contribution in [3.63, 3.8) is 0 Å². The van der Waals surface area contributed by atoms with Gasteiger partial charge in [0.05, 0.1) is 18.6 Å². The van der Waals surface area contributed by atoms with Crippen LogP contribution in [0.2, 0.25) is 0 Å². The number of hydrogen-bond acceptors (Lipinski definition) is 7. The molecule has 0 radical (unpaired) electrons. The largest absolute Gasteiger partial charge is 0.467 e. The maximum absolute atomic E-state index is 12.8. The number of hydrogen-bond donors (Lipinski definition) is 1. The van der Waals surface area contributed by atoms with Gasteiger partial charge >= 0.3 is 0 Å². The molecule has 0 saturated carbocycles. The highest BCUT2D eigenvalue weighted by molar-refractivity contribution is 8.01. The molecule has 0 aliphatic rings. The number of ketones is 1. The number of carbonyl (C=O) groups excluding carboxylic acids is 1. The van der Waals surface area contributed by atoms with Crippen LogP contribution in [-0.4, -0.2) is 26.3 Å². The first kappa shape index (κ1) is 20.4. The molecule has 6 nitrogen and oxygen atoms in total. The van der Waals surface area contributed by atoms with Crippen LogP contribution < -0.4 is 5.32 Å². The fourth-order valence-corrected chi connectivity index (χ4v) is 4.82. The van der Waals surface area contributed by atoms with Gasteiger partial charge < -0.3 is 14.3 Å². The Bertz CT molecular complexity index is 1140. The molecule has 4 rings (SSSR count). The van der Waals surface area contributed by atoms with Crippen LogP contribution in [0.15, 0.2) is 57.5 Å². The van der Waals surface area contributed by atoms with Crippen molar-refractivity contribution in [1.29, 1.82) is 0 Å². The van der Waals surface area contributed by atoms with Crippen molar-refractivity contribution in [2.24, 2.45) is 0 Å². The number of nitrogens with zero attached hydrogens (tertiary/aromatic N) is 3. The van der Waals surface area contributed by atoms with E-state index in [1.165, 1.54) is 28.7 Å². The van der Waals surface area contributed by atoms with Crippen molar-refractivity contribution in [3.05, 3.63) is 77.0 Å². The van der Waals surface area contributed by atoms with Gasteiger partial charge in [0.2, 0.25) is 5.13 Å². The van der Waals surface area contributed by atoms with Gasteiger partial charge in [0, 0.05) is 22.6 Å². The molecule has 30 heavy (non-hydrogen) atoms. The molecule has 3 aromatic heterocycles. The number of aromatic nitrogens is 3. The number of anilines is 2. The molecule has 0 bridgehead atoms. The molecule has 1 aromatic carbocycles. The summed E-state index contributed by atoms with van der Waals surface area (Å²) in [6, 6.07) is 13.9. The number of benzene rings is 1. The Hall–Kier alpha value is -2.84. The third-order valence-corrected chi connectivity index (χ3v) is 6.78. The predicted octanol–water partition coefficient (Wildman–Crippen LogP) is 5.62. The minimum absolute atomic E-state index is 0.0852. The van der Waals surface area contributed by atoms with Gasteiger partial charge in [-0.25, -0.2) is 0 Å². The quantitative estimate of drug-likeness (QED) is 0.284. The van der Waals surface area contributed by atoms with Crippen molar-refractivity contribution in [2.45, 2.75) is 31.7 Å². The normalized spacial score (nSPS) is 11.0. The predicted molar refractivity (Wildman–Crippen MR) is 121 cm³/mol. The molecule has 0 amide bonds. The summed E-state index contributed by atoms with van der Waals surface area (Å²) in [5.74, 6) is 1.28. The van der Waals surface area contributed by atoms with Crippen LogP contribution in [0.5, 0.6) is 0 Å². The van der Waals surface area contributed by atoms with E-state index in [4.69, 9.17) is 4.42 Å². The Kier molecular flexibility index (Phi) is 6.06. The van der Waals surface area contributed by atoms with Crippen LogP contribution in [0.4, 0.5) is 10.8 Å². The lowest BCUT2D eigenvalue weighted by Crippen LogP contribution is -2.07. The fourth-order valence-electron chi connectivity index (χ4n) is 3.17. The highest BCUT2D eigenvalue weighted by atomic mass is 32.2. The monoisotopic (exact) mass is 438 g/mol. The Morgan fingerprint density at radius 3 is 2.70 bits per heavy atom. The fraction of sp³-hybridized carbons (Fsp3) is 0.227. The number of nitrogens with one attached hydrogen (secondary N) is 1. The lowest BCUT2D eigenvalue weighted by Gasteiger charge is -2.07. The lowest BCUT2D eigenvalue weighted by atomic mass is 10.2. The Labute approximate surface area is 183 Å². The summed E-state index contributed by atoms with van der Waals surface area (Å²) in [7, 11) is 0. The third kappa shape index (κ3) is 4.66. The molecule has 1 N–H and O–H groups in total. The van der Waals surface area contributed by atoms with Crippen molar-refractivity contribution in [2.75, 3.05) is 11.1 Å². The Morgan fingerprint density at radius 2 is 1.97 bits per heavy atom. The molecular weight excluding hydrogens is 416 g/mol. The second-order valence-corrected chi connectivity index (χ2v) is 9.23. The average molecular weight is 439 g/mol. The van der Waals surface area contributed by atoms with Crippen molar-refractivity contribution >= 4 is 39.7 Å². The van der Waals surface area contributed by atoms with Gasteiger partial charge in [-0.05, 0) is 51.1 Å². The van der Waals surface area contributed by atoms with Crippen molar-refractivity contribution < 1.29 is 9.21 Å². The summed E-state index contributed by atoms with van der Waals surface area (Å²) in [5, 5.41) is 12.3. The highest BCUT2D eigenvalue weighted by Crippen LogP contribution is 2.29. The number of Topliss-reactive ketones (excluding diaryl/α,β-unsaturated/α-hetero) is 1. The first-order valence-electron chi connectivity index (χ1n) is 9.52. The number of rotatable bonds is 8. The molecule has 0 fully saturated rings. The van der Waals surface area contributed by atoms with E-state index >= 15 is 0 Å². The Balaban J connectivity index is 1.38. The van der Waals surface area contributed by atoms with Gasteiger partial charge in [0.15, 0.2) is 10.1 Å². The van der Waals surface area contributed by atoms with E-state index in [2.05, 4.69) is 27.0 Å². The standard InChI is InChI=1S/C22H22N4O2S2/c1-14-6-8-17(9-7-14)23-21-24-25-22(30-21)29-13-20(27)19-11-15(2)26(16(19)3)12-18-5-4-10-28-18/h4-11H,12-13H2,1-3H3,(H,23,24). The number of furan rings is 1. The second kappa shape index (κ2) is 8.89. The van der Waals surface area contributed by atoms with Crippen LogP contribution in [-0.2, 0) is 6.54 Å². The first-order chi connectivity index (χ1) is 14.5. The molecule has 0 saturated heterocycles. The van der Waals surface area contributed by atoms with Gasteiger partial charge in [0.1, 0.15) is 5.76 Å². The molecule has 4 aromatic rings. The molecule has 0 atom stereocenters. The minimum atomic E-state index is 0.0852. The molecular formula is C22H22N4O2S2. The Morgan fingerprint density at radius 1 is 1.17 bits per heavy atom. The third-order valence-electron chi connectivity index (χ3n) is 4.80. The van der Waals surface area contributed by atoms with E-state index in [-0.39, 0.29) is 5.78 Å². The van der Waals surface area contributed by atoms with Gasteiger partial charge in [-0.2, -0.15) is 0 Å². The lowest BCUT2D eigenvalue weighted by molar-refractivity contribution is 0.102. The summed E-state index contributed by atoms with van der Waals surface area (Å²) >= 11 is 2.86. The summed E-state index contributed by atoms with van der Waals surface area (Å²) in [5.41, 5.74) is 4.91. The number of aryl methyl sites for hydroxylation is 2. The van der Waals surface area contributed by atoms with Gasteiger partial charge in [-0.15, -0.1) is 10.2 Å². The molecule has 0 aliphatic carbocycles. The second-order valence-electron chi connectivity index (χ2n) is 7.03. The van der Waals surface area contributed by atoms with Crippen LogP contribution in [0.3, 0.4) is 0 Å². The summed E-state index contributed by atoms with van der Waals surface area (Å²) in [6.07, 6.45) is 1.66.